The molecule has 8 aliphatic rings. The van der Waals surface area contributed by atoms with Crippen molar-refractivity contribution in [1.82, 2.24) is 0 Å². The van der Waals surface area contributed by atoms with E-state index in [2.05, 4.69) is 13.8 Å². The van der Waals surface area contributed by atoms with Crippen molar-refractivity contribution in [3.05, 3.63) is 11.6 Å². The first-order valence-corrected chi connectivity index (χ1v) is 21.3. The van der Waals surface area contributed by atoms with E-state index < -0.39 is 105 Å². The fourth-order valence-corrected chi connectivity index (χ4v) is 12.7. The van der Waals surface area contributed by atoms with Gasteiger partial charge in [0.15, 0.2) is 18.9 Å². The average molecular weight is 829 g/mol. The van der Waals surface area contributed by atoms with Crippen molar-refractivity contribution in [2.24, 2.45) is 34.5 Å². The van der Waals surface area contributed by atoms with Crippen LogP contribution in [0.25, 0.3) is 0 Å². The largest absolute Gasteiger partial charge is 0.458 e. The van der Waals surface area contributed by atoms with Crippen LogP contribution in [0.3, 0.4) is 0 Å². The van der Waals surface area contributed by atoms with Gasteiger partial charge in [0.05, 0.1) is 37.1 Å². The number of carbonyl (C=O) groups is 1. The Morgan fingerprint density at radius 3 is 2.21 bits per heavy atom. The van der Waals surface area contributed by atoms with E-state index in [-0.39, 0.29) is 41.2 Å². The molecule has 58 heavy (non-hydrogen) atoms. The van der Waals surface area contributed by atoms with Crippen LogP contribution in [0.2, 0.25) is 0 Å². The molecule has 22 atom stereocenters. The molecule has 0 amide bonds. The minimum atomic E-state index is -1.70. The van der Waals surface area contributed by atoms with Crippen LogP contribution in [-0.4, -0.2) is 169 Å². The third-order valence-electron chi connectivity index (χ3n) is 16.2. The Labute approximate surface area is 338 Å². The van der Waals surface area contributed by atoms with E-state index in [1.807, 2.05) is 0 Å². The molecular formula is C41H64O17. The maximum absolute atomic E-state index is 12.6. The number of carbonyl (C=O) groups excluding carboxylic acids is 1. The molecule has 4 aliphatic carbocycles. The van der Waals surface area contributed by atoms with E-state index in [1.54, 1.807) is 13.0 Å². The highest BCUT2D eigenvalue weighted by Gasteiger charge is 2.68. The van der Waals surface area contributed by atoms with Gasteiger partial charge in [0, 0.05) is 17.9 Å². The lowest BCUT2D eigenvalue weighted by Gasteiger charge is -2.64. The molecule has 17 heteroatoms. The molecule has 0 spiro atoms. The van der Waals surface area contributed by atoms with Crippen molar-refractivity contribution < 1.29 is 83.9 Å². The van der Waals surface area contributed by atoms with Gasteiger partial charge in [-0.2, -0.15) is 0 Å². The molecule has 4 heterocycles. The number of hydrogen-bond acceptors (Lipinski definition) is 17. The molecule has 0 bridgehead atoms. The van der Waals surface area contributed by atoms with Gasteiger partial charge in [-0.1, -0.05) is 13.8 Å². The topological polar surface area (TPSA) is 264 Å². The molecule has 17 nitrogen and oxygen atoms in total. The van der Waals surface area contributed by atoms with Crippen molar-refractivity contribution in [1.29, 1.82) is 0 Å². The monoisotopic (exact) mass is 828 g/mol. The van der Waals surface area contributed by atoms with E-state index >= 15 is 0 Å². The molecule has 8 rings (SSSR count). The second kappa shape index (κ2) is 16.4. The predicted octanol–water partition coefficient (Wildman–Crippen LogP) is -0.866. The van der Waals surface area contributed by atoms with Gasteiger partial charge in [-0.25, -0.2) is 4.79 Å². The Morgan fingerprint density at radius 2 is 1.50 bits per heavy atom. The van der Waals surface area contributed by atoms with E-state index in [0.717, 1.165) is 44.1 Å². The highest BCUT2D eigenvalue weighted by molar-refractivity contribution is 5.85. The summed E-state index contributed by atoms with van der Waals surface area (Å²) in [5.74, 6) is 0.594. The maximum Gasteiger partial charge on any atom is 0.331 e. The summed E-state index contributed by atoms with van der Waals surface area (Å²) >= 11 is 0. The summed E-state index contributed by atoms with van der Waals surface area (Å²) < 4.78 is 40.5. The zero-order valence-corrected chi connectivity index (χ0v) is 33.5. The second-order valence-corrected chi connectivity index (χ2v) is 19.0. The number of aliphatic hydroxyl groups is 9. The molecule has 0 aromatic carbocycles. The van der Waals surface area contributed by atoms with Gasteiger partial charge in [-0.3, -0.25) is 0 Å². The van der Waals surface area contributed by atoms with E-state index in [0.29, 0.717) is 37.7 Å². The lowest BCUT2D eigenvalue weighted by molar-refractivity contribution is -0.353. The van der Waals surface area contributed by atoms with Crippen molar-refractivity contribution >= 4 is 5.97 Å². The molecule has 7 fully saturated rings. The highest BCUT2D eigenvalue weighted by atomic mass is 16.7. The van der Waals surface area contributed by atoms with Gasteiger partial charge < -0.3 is 79.1 Å². The van der Waals surface area contributed by atoms with Gasteiger partial charge in [0.25, 0.3) is 0 Å². The Morgan fingerprint density at radius 1 is 0.759 bits per heavy atom. The molecule has 0 aromatic heterocycles. The number of fused-ring (bicyclic) bond motifs is 5. The SMILES string of the molecule is C[C@H]1OC(O[C@H]2[C@H](O)[C@@H](O)C(OC[C@H]3OC(O[C@H]4CC[C@@]5(C)[C@H](CC[C@@H]6[C@@H]5CC[C@]5(C)[C@@H](C7=CC(=O)OC7)CC[C@]65O)C4)[C@H](O)[C@@H](O)[C@@H]3O)O[C@@H]2CO)C[C@H](O)[C@@H]1O. The Bertz CT molecular complexity index is 1500. The van der Waals surface area contributed by atoms with Crippen LogP contribution < -0.4 is 0 Å². The molecule has 0 aromatic rings. The zero-order valence-electron chi connectivity index (χ0n) is 33.5. The molecule has 9 N–H and O–H groups in total. The molecule has 4 saturated carbocycles. The summed E-state index contributed by atoms with van der Waals surface area (Å²) in [6.45, 7) is 5.32. The third kappa shape index (κ3) is 7.30. The predicted molar refractivity (Wildman–Crippen MR) is 197 cm³/mol. The minimum absolute atomic E-state index is 0.0325. The van der Waals surface area contributed by atoms with Crippen LogP contribution in [0.4, 0.5) is 0 Å². The number of hydrogen-bond donors (Lipinski definition) is 9. The van der Waals surface area contributed by atoms with Crippen LogP contribution in [0.15, 0.2) is 11.6 Å². The summed E-state index contributed by atoms with van der Waals surface area (Å²) in [5, 5.41) is 97.4. The normalized spacial score (nSPS) is 54.6. The Balaban J connectivity index is 0.866. The highest BCUT2D eigenvalue weighted by Crippen LogP contribution is 2.70. The molecule has 3 unspecified atom stereocenters. The number of aliphatic hydroxyl groups excluding tert-OH is 8. The molecule has 4 aliphatic heterocycles. The molecule has 0 radical (unpaired) electrons. The van der Waals surface area contributed by atoms with Gasteiger partial charge in [-0.15, -0.1) is 0 Å². The Hall–Kier alpha value is -1.39. The fourth-order valence-electron chi connectivity index (χ4n) is 12.7. The van der Waals surface area contributed by atoms with E-state index in [4.69, 9.17) is 33.2 Å². The van der Waals surface area contributed by atoms with Crippen molar-refractivity contribution in [3.63, 3.8) is 0 Å². The first-order valence-electron chi connectivity index (χ1n) is 21.3. The lowest BCUT2D eigenvalue weighted by Crippen LogP contribution is -2.63. The average Bonchev–Trinajstić information content (AvgIpc) is 3.74. The van der Waals surface area contributed by atoms with E-state index in [9.17, 15) is 50.8 Å². The van der Waals surface area contributed by atoms with Crippen LogP contribution in [0.5, 0.6) is 0 Å². The third-order valence-corrected chi connectivity index (χ3v) is 16.2. The Kier molecular flexibility index (Phi) is 12.2. The number of esters is 1. The summed E-state index contributed by atoms with van der Waals surface area (Å²) in [6.07, 6.45) is -10.2. The second-order valence-electron chi connectivity index (χ2n) is 19.0. The number of rotatable bonds is 9. The van der Waals surface area contributed by atoms with Crippen LogP contribution in [0, 0.1) is 34.5 Å². The van der Waals surface area contributed by atoms with Gasteiger partial charge in [0.2, 0.25) is 0 Å². The van der Waals surface area contributed by atoms with Crippen molar-refractivity contribution in [2.75, 3.05) is 19.8 Å². The first kappa shape index (κ1) is 43.3. The summed E-state index contributed by atoms with van der Waals surface area (Å²) in [6, 6.07) is 0. The summed E-state index contributed by atoms with van der Waals surface area (Å²) in [4.78, 5) is 11.9. The van der Waals surface area contributed by atoms with Crippen LogP contribution >= 0.6 is 0 Å². The summed E-state index contributed by atoms with van der Waals surface area (Å²) in [7, 11) is 0. The smallest absolute Gasteiger partial charge is 0.331 e. The lowest BCUT2D eigenvalue weighted by atomic mass is 9.43. The number of ether oxygens (including phenoxy) is 7. The minimum Gasteiger partial charge on any atom is -0.458 e. The maximum atomic E-state index is 12.6. The first-order chi connectivity index (χ1) is 27.5. The number of cyclic esters (lactones) is 1. The fraction of sp³-hybridized carbons (Fsp3) is 0.927. The quantitative estimate of drug-likeness (QED) is 0.101. The van der Waals surface area contributed by atoms with E-state index in [1.165, 1.54) is 0 Å². The van der Waals surface area contributed by atoms with Crippen LogP contribution in [-0.2, 0) is 38.0 Å². The molecule has 3 saturated heterocycles. The molecular weight excluding hydrogens is 764 g/mol. The molecule has 330 valence electrons. The van der Waals surface area contributed by atoms with Gasteiger partial charge in [0.1, 0.15) is 61.5 Å². The van der Waals surface area contributed by atoms with Crippen molar-refractivity contribution in [2.45, 2.75) is 183 Å². The van der Waals surface area contributed by atoms with Gasteiger partial charge >= 0.3 is 5.97 Å². The standard InChI is InChI=1S/C41H64O17/c1-18-30(45)25(43)14-29(54-18)58-36-26(15-42)56-37(35(50)33(36)48)53-17-27-31(46)32(47)34(49)38(57-27)55-21-6-9-39(2)20(13-21)4-5-24-23(39)7-10-40(3)22(8-11-41(24,40)51)19-12-28(44)52-16-19/h12,18,20-27,29-38,42-43,45-51H,4-11,13-17H2,1-3H3/t18-,20-,21+,22-,23+,24-,25+,26-,27-,29?,30-,31-,32+,33-,34-,35-,36-,37?,38?,39+,40-,41+/m1/s1. The van der Waals surface area contributed by atoms with Crippen LogP contribution in [0.1, 0.15) is 85.0 Å². The van der Waals surface area contributed by atoms with Crippen molar-refractivity contribution in [3.8, 4) is 0 Å². The summed E-state index contributed by atoms with van der Waals surface area (Å²) in [5.41, 5.74) is -0.172. The zero-order chi connectivity index (χ0) is 41.5. The van der Waals surface area contributed by atoms with Gasteiger partial charge in [-0.05, 0) is 99.4 Å².